The molecule has 2 aliphatic rings. The van der Waals surface area contributed by atoms with Crippen LogP contribution >= 0.6 is 0 Å². The second kappa shape index (κ2) is 7.07. The van der Waals surface area contributed by atoms with Crippen molar-refractivity contribution in [3.05, 3.63) is 0 Å². The van der Waals surface area contributed by atoms with Gasteiger partial charge in [0.25, 0.3) is 5.91 Å². The monoisotopic (exact) mass is 283 g/mol. The highest BCUT2D eigenvalue weighted by Crippen LogP contribution is 2.23. The molecule has 0 bridgehead atoms. The molecule has 0 spiro atoms. The van der Waals surface area contributed by atoms with Crippen LogP contribution in [0.3, 0.4) is 0 Å². The van der Waals surface area contributed by atoms with E-state index in [1.54, 1.807) is 11.8 Å². The SMILES string of the molecule is C[C@H](OC1CCCCCC1)C(=O)N1CC[C@H](C(=O)O)C1. The summed E-state index contributed by atoms with van der Waals surface area (Å²) >= 11 is 0. The number of carboxylic acids is 1. The van der Waals surface area contributed by atoms with Crippen LogP contribution in [0.1, 0.15) is 51.9 Å². The molecule has 0 aromatic rings. The van der Waals surface area contributed by atoms with E-state index in [0.29, 0.717) is 19.5 Å². The molecule has 114 valence electrons. The Morgan fingerprint density at radius 3 is 2.35 bits per heavy atom. The Bertz CT molecular complexity index is 350. The van der Waals surface area contributed by atoms with E-state index in [0.717, 1.165) is 12.8 Å². The Hall–Kier alpha value is -1.10. The number of hydrogen-bond donors (Lipinski definition) is 1. The normalized spacial score (nSPS) is 26.2. The molecule has 1 saturated heterocycles. The van der Waals surface area contributed by atoms with Gasteiger partial charge in [0.1, 0.15) is 6.10 Å². The molecule has 2 rings (SSSR count). The Morgan fingerprint density at radius 2 is 1.80 bits per heavy atom. The number of hydrogen-bond acceptors (Lipinski definition) is 3. The molecular weight excluding hydrogens is 258 g/mol. The predicted octanol–water partition coefficient (Wildman–Crippen LogP) is 2.05. The molecule has 1 amide bonds. The highest BCUT2D eigenvalue weighted by molar-refractivity contribution is 5.82. The third-order valence-corrected chi connectivity index (χ3v) is 4.40. The highest BCUT2D eigenvalue weighted by atomic mass is 16.5. The molecule has 0 unspecified atom stereocenters. The smallest absolute Gasteiger partial charge is 0.308 e. The maximum atomic E-state index is 12.3. The number of ether oxygens (including phenoxy) is 1. The average molecular weight is 283 g/mol. The van der Waals surface area contributed by atoms with Crippen LogP contribution in [-0.2, 0) is 14.3 Å². The first-order valence-electron chi connectivity index (χ1n) is 7.75. The van der Waals surface area contributed by atoms with Crippen LogP contribution in [0.25, 0.3) is 0 Å². The number of carbonyl (C=O) groups is 2. The van der Waals surface area contributed by atoms with E-state index in [-0.39, 0.29) is 12.0 Å². The summed E-state index contributed by atoms with van der Waals surface area (Å²) in [7, 11) is 0. The third-order valence-electron chi connectivity index (χ3n) is 4.40. The van der Waals surface area contributed by atoms with Gasteiger partial charge in [0.05, 0.1) is 12.0 Å². The topological polar surface area (TPSA) is 66.8 Å². The summed E-state index contributed by atoms with van der Waals surface area (Å²) in [5, 5.41) is 8.97. The summed E-state index contributed by atoms with van der Waals surface area (Å²) in [5.41, 5.74) is 0. The van der Waals surface area contributed by atoms with E-state index in [1.807, 2.05) is 0 Å². The van der Waals surface area contributed by atoms with Crippen molar-refractivity contribution in [3.8, 4) is 0 Å². The van der Waals surface area contributed by atoms with Crippen LogP contribution < -0.4 is 0 Å². The number of carboxylic acid groups (broad SMARTS) is 1. The largest absolute Gasteiger partial charge is 0.481 e. The fourth-order valence-electron chi connectivity index (χ4n) is 3.14. The van der Waals surface area contributed by atoms with Crippen LogP contribution in [0.5, 0.6) is 0 Å². The summed E-state index contributed by atoms with van der Waals surface area (Å²) in [5.74, 6) is -1.28. The maximum absolute atomic E-state index is 12.3. The molecule has 5 heteroatoms. The van der Waals surface area contributed by atoms with Gasteiger partial charge in [-0.25, -0.2) is 0 Å². The molecule has 1 saturated carbocycles. The number of nitrogens with zero attached hydrogens (tertiary/aromatic N) is 1. The van der Waals surface area contributed by atoms with Crippen molar-refractivity contribution in [2.75, 3.05) is 13.1 Å². The van der Waals surface area contributed by atoms with Crippen molar-refractivity contribution in [1.29, 1.82) is 0 Å². The molecule has 1 heterocycles. The summed E-state index contributed by atoms with van der Waals surface area (Å²) in [6.07, 6.45) is 7.23. The molecular formula is C15H25NO4. The first-order valence-corrected chi connectivity index (χ1v) is 7.75. The molecule has 0 aromatic heterocycles. The minimum atomic E-state index is -0.808. The van der Waals surface area contributed by atoms with Crippen LogP contribution in [0.15, 0.2) is 0 Å². The van der Waals surface area contributed by atoms with Gasteiger partial charge in [0, 0.05) is 13.1 Å². The Morgan fingerprint density at radius 1 is 1.15 bits per heavy atom. The number of likely N-dealkylation sites (tertiary alicyclic amines) is 1. The Kier molecular flexibility index (Phi) is 5.40. The number of carbonyl (C=O) groups excluding carboxylic acids is 1. The zero-order chi connectivity index (χ0) is 14.5. The maximum Gasteiger partial charge on any atom is 0.308 e. The number of amides is 1. The first kappa shape index (κ1) is 15.3. The lowest BCUT2D eigenvalue weighted by Gasteiger charge is -2.24. The molecule has 1 aliphatic carbocycles. The lowest BCUT2D eigenvalue weighted by molar-refractivity contribution is -0.146. The molecule has 2 atom stereocenters. The molecule has 1 N–H and O–H groups in total. The van der Waals surface area contributed by atoms with Gasteiger partial charge < -0.3 is 14.7 Å². The molecule has 2 fully saturated rings. The van der Waals surface area contributed by atoms with Gasteiger partial charge >= 0.3 is 5.97 Å². The second-order valence-corrected chi connectivity index (χ2v) is 6.00. The van der Waals surface area contributed by atoms with Gasteiger partial charge in [0.15, 0.2) is 0 Å². The van der Waals surface area contributed by atoms with E-state index in [2.05, 4.69) is 0 Å². The minimum Gasteiger partial charge on any atom is -0.481 e. The average Bonchev–Trinajstić information content (AvgIpc) is 2.78. The van der Waals surface area contributed by atoms with Crippen molar-refractivity contribution >= 4 is 11.9 Å². The van der Waals surface area contributed by atoms with Gasteiger partial charge in [-0.2, -0.15) is 0 Å². The van der Waals surface area contributed by atoms with Crippen LogP contribution in [-0.4, -0.2) is 47.2 Å². The Balaban J connectivity index is 1.81. The number of rotatable bonds is 4. The van der Waals surface area contributed by atoms with Crippen molar-refractivity contribution in [2.45, 2.75) is 64.1 Å². The predicted molar refractivity (Wildman–Crippen MR) is 74.4 cm³/mol. The van der Waals surface area contributed by atoms with Gasteiger partial charge in [-0.15, -0.1) is 0 Å². The van der Waals surface area contributed by atoms with Crippen molar-refractivity contribution in [3.63, 3.8) is 0 Å². The van der Waals surface area contributed by atoms with E-state index in [4.69, 9.17) is 9.84 Å². The summed E-state index contributed by atoms with van der Waals surface area (Å²) in [6, 6.07) is 0. The van der Waals surface area contributed by atoms with E-state index < -0.39 is 18.0 Å². The van der Waals surface area contributed by atoms with Gasteiger partial charge in [-0.3, -0.25) is 9.59 Å². The summed E-state index contributed by atoms with van der Waals surface area (Å²) in [4.78, 5) is 24.8. The molecule has 0 radical (unpaired) electrons. The molecule has 1 aliphatic heterocycles. The van der Waals surface area contributed by atoms with E-state index in [1.165, 1.54) is 25.7 Å². The van der Waals surface area contributed by atoms with Gasteiger partial charge in [-0.05, 0) is 26.2 Å². The fraction of sp³-hybridized carbons (Fsp3) is 0.867. The minimum absolute atomic E-state index is 0.0574. The van der Waals surface area contributed by atoms with E-state index in [9.17, 15) is 9.59 Å². The zero-order valence-electron chi connectivity index (χ0n) is 12.2. The first-order chi connectivity index (χ1) is 9.58. The Labute approximate surface area is 120 Å². The lowest BCUT2D eigenvalue weighted by Crippen LogP contribution is -2.39. The fourth-order valence-corrected chi connectivity index (χ4v) is 3.14. The van der Waals surface area contributed by atoms with E-state index >= 15 is 0 Å². The third kappa shape index (κ3) is 3.95. The van der Waals surface area contributed by atoms with Crippen molar-refractivity contribution in [1.82, 2.24) is 4.90 Å². The van der Waals surface area contributed by atoms with Crippen LogP contribution in [0, 0.1) is 5.92 Å². The summed E-state index contributed by atoms with van der Waals surface area (Å²) < 4.78 is 5.90. The van der Waals surface area contributed by atoms with Crippen molar-refractivity contribution in [2.24, 2.45) is 5.92 Å². The quantitative estimate of drug-likeness (QED) is 0.802. The molecule has 5 nitrogen and oxygen atoms in total. The van der Waals surface area contributed by atoms with Gasteiger partial charge in [-0.1, -0.05) is 25.7 Å². The standard InChI is InChI=1S/C15H25NO4/c1-11(20-13-6-4-2-3-5-7-13)14(17)16-9-8-12(10-16)15(18)19/h11-13H,2-10H2,1H3,(H,18,19)/t11-,12-/m0/s1. The number of aliphatic carboxylic acids is 1. The van der Waals surface area contributed by atoms with Gasteiger partial charge in [0.2, 0.25) is 0 Å². The summed E-state index contributed by atoms with van der Waals surface area (Å²) in [6.45, 7) is 2.65. The lowest BCUT2D eigenvalue weighted by atomic mass is 10.1. The highest BCUT2D eigenvalue weighted by Gasteiger charge is 2.33. The molecule has 0 aromatic carbocycles. The zero-order valence-corrected chi connectivity index (χ0v) is 12.2. The van der Waals surface area contributed by atoms with Crippen molar-refractivity contribution < 1.29 is 19.4 Å². The van der Waals surface area contributed by atoms with Crippen LogP contribution in [0.2, 0.25) is 0 Å². The van der Waals surface area contributed by atoms with Crippen LogP contribution in [0.4, 0.5) is 0 Å². The second-order valence-electron chi connectivity index (χ2n) is 6.00. The molecule has 20 heavy (non-hydrogen) atoms.